The lowest BCUT2D eigenvalue weighted by Gasteiger charge is -2.34. The van der Waals surface area contributed by atoms with Crippen LogP contribution in [0.3, 0.4) is 0 Å². The first-order chi connectivity index (χ1) is 16.4. The molecule has 1 saturated heterocycles. The molecule has 2 aliphatic carbocycles. The fraction of sp³-hybridized carbons (Fsp3) is 0.560. The van der Waals surface area contributed by atoms with E-state index in [2.05, 4.69) is 4.98 Å². The van der Waals surface area contributed by atoms with Gasteiger partial charge in [-0.25, -0.2) is 4.98 Å². The van der Waals surface area contributed by atoms with Crippen LogP contribution < -0.4 is 15.2 Å². The number of methoxy groups -OCH3 is 1. The van der Waals surface area contributed by atoms with E-state index in [1.54, 1.807) is 18.9 Å². The van der Waals surface area contributed by atoms with Gasteiger partial charge in [-0.1, -0.05) is 0 Å². The van der Waals surface area contributed by atoms with Gasteiger partial charge in [0.1, 0.15) is 0 Å². The highest BCUT2D eigenvalue weighted by Crippen LogP contribution is 2.36. The van der Waals surface area contributed by atoms with Gasteiger partial charge >= 0.3 is 0 Å². The van der Waals surface area contributed by atoms with Gasteiger partial charge in [-0.3, -0.25) is 9.59 Å². The zero-order chi connectivity index (χ0) is 23.8. The Morgan fingerprint density at radius 2 is 1.82 bits per heavy atom. The number of ether oxygens (including phenoxy) is 2. The van der Waals surface area contributed by atoms with E-state index in [9.17, 15) is 9.59 Å². The first kappa shape index (κ1) is 22.7. The van der Waals surface area contributed by atoms with E-state index in [0.29, 0.717) is 67.4 Å². The molecule has 1 aromatic heterocycles. The summed E-state index contributed by atoms with van der Waals surface area (Å²) in [5.41, 5.74) is 7.05. The predicted octanol–water partition coefficient (Wildman–Crippen LogP) is 2.85. The number of aromatic nitrogens is 1. The van der Waals surface area contributed by atoms with E-state index >= 15 is 0 Å². The Kier molecular flexibility index (Phi) is 6.20. The van der Waals surface area contributed by atoms with Gasteiger partial charge in [0.2, 0.25) is 11.8 Å². The molecule has 2 N–H and O–H groups in total. The van der Waals surface area contributed by atoms with Crippen molar-refractivity contribution in [3.63, 3.8) is 0 Å². The number of carbonyl (C=O) groups is 2. The van der Waals surface area contributed by atoms with Crippen molar-refractivity contribution in [3.05, 3.63) is 29.7 Å². The average Bonchev–Trinajstić information content (AvgIpc) is 3.79. The van der Waals surface area contributed by atoms with Crippen LogP contribution in [0.4, 0.5) is 0 Å². The third-order valence-corrected chi connectivity index (χ3v) is 6.66. The van der Waals surface area contributed by atoms with Gasteiger partial charge < -0.3 is 29.4 Å². The molecule has 3 fully saturated rings. The Bertz CT molecular complexity index is 1070. The van der Waals surface area contributed by atoms with Crippen molar-refractivity contribution in [2.24, 2.45) is 17.6 Å². The molecule has 1 aromatic carbocycles. The molecule has 1 aliphatic heterocycles. The molecule has 9 heteroatoms. The minimum Gasteiger partial charge on any atom is -0.493 e. The van der Waals surface area contributed by atoms with E-state index in [-0.39, 0.29) is 23.4 Å². The third kappa shape index (κ3) is 4.75. The van der Waals surface area contributed by atoms with Crippen molar-refractivity contribution < 1.29 is 23.5 Å². The van der Waals surface area contributed by atoms with Crippen LogP contribution in [0.2, 0.25) is 0 Å². The van der Waals surface area contributed by atoms with Gasteiger partial charge in [0.25, 0.3) is 5.91 Å². The molecular formula is C25H32N4O5. The molecule has 0 unspecified atom stereocenters. The number of nitrogens with zero attached hydrogens (tertiary/aromatic N) is 3. The summed E-state index contributed by atoms with van der Waals surface area (Å²) in [5, 5.41) is 0. The van der Waals surface area contributed by atoms with E-state index < -0.39 is 6.04 Å². The third-order valence-electron chi connectivity index (χ3n) is 6.66. The summed E-state index contributed by atoms with van der Waals surface area (Å²) in [6.45, 7) is 4.44. The predicted molar refractivity (Wildman–Crippen MR) is 125 cm³/mol. The number of oxazole rings is 1. The van der Waals surface area contributed by atoms with Crippen LogP contribution >= 0.6 is 0 Å². The molecule has 2 aromatic rings. The summed E-state index contributed by atoms with van der Waals surface area (Å²) >= 11 is 0. The van der Waals surface area contributed by atoms with Gasteiger partial charge in [-0.15, -0.1) is 0 Å². The highest BCUT2D eigenvalue weighted by atomic mass is 16.5. The fourth-order valence-electron chi connectivity index (χ4n) is 4.20. The minimum absolute atomic E-state index is 0.188. The van der Waals surface area contributed by atoms with Crippen molar-refractivity contribution in [1.82, 2.24) is 14.8 Å². The molecule has 2 saturated carbocycles. The molecule has 182 valence electrons. The number of hydrogen-bond donors (Lipinski definition) is 1. The molecule has 0 spiro atoms. The normalized spacial score (nSPS) is 19.1. The van der Waals surface area contributed by atoms with Gasteiger partial charge in [0, 0.05) is 37.7 Å². The smallest absolute Gasteiger partial charge is 0.276 e. The number of amides is 2. The quantitative estimate of drug-likeness (QED) is 0.634. The highest BCUT2D eigenvalue weighted by Gasteiger charge is 2.36. The zero-order valence-corrected chi connectivity index (χ0v) is 19.8. The Hall–Kier alpha value is -3.07. The molecule has 3 aliphatic rings. The standard InChI is InChI=1S/C25H32N4O5/c1-15(26)22-21(25(31)29-11-9-28(10-12-29)24(30)17-5-6-17)27-23(34-22)18-7-8-19(32-2)20(13-18)33-14-16-3-4-16/h7-8,13,15-17H,3-6,9-12,14,26H2,1-2H3/t15-/m0/s1. The number of benzene rings is 1. The summed E-state index contributed by atoms with van der Waals surface area (Å²) in [5.74, 6) is 2.71. The van der Waals surface area contributed by atoms with E-state index in [1.165, 1.54) is 12.8 Å². The first-order valence-corrected chi connectivity index (χ1v) is 12.1. The highest BCUT2D eigenvalue weighted by molar-refractivity contribution is 5.94. The second kappa shape index (κ2) is 9.29. The van der Waals surface area contributed by atoms with Crippen LogP contribution in [-0.2, 0) is 4.79 Å². The molecule has 2 amide bonds. The molecule has 2 heterocycles. The van der Waals surface area contributed by atoms with E-state index in [4.69, 9.17) is 19.6 Å². The van der Waals surface area contributed by atoms with Crippen molar-refractivity contribution in [2.45, 2.75) is 38.6 Å². The summed E-state index contributed by atoms with van der Waals surface area (Å²) in [6, 6.07) is 4.97. The number of rotatable bonds is 8. The van der Waals surface area contributed by atoms with Crippen LogP contribution in [0.15, 0.2) is 22.6 Å². The first-order valence-electron chi connectivity index (χ1n) is 12.1. The van der Waals surface area contributed by atoms with E-state index in [1.807, 2.05) is 23.1 Å². The minimum atomic E-state index is -0.498. The number of piperazine rings is 1. The van der Waals surface area contributed by atoms with Crippen LogP contribution in [-0.4, -0.2) is 66.5 Å². The second-order valence-electron chi connectivity index (χ2n) is 9.53. The van der Waals surface area contributed by atoms with E-state index in [0.717, 1.165) is 12.8 Å². The van der Waals surface area contributed by atoms with Gasteiger partial charge in [-0.2, -0.15) is 0 Å². The van der Waals surface area contributed by atoms with Gasteiger partial charge in [0.05, 0.1) is 19.8 Å². The summed E-state index contributed by atoms with van der Waals surface area (Å²) in [6.07, 6.45) is 4.34. The lowest BCUT2D eigenvalue weighted by atomic mass is 10.2. The average molecular weight is 469 g/mol. The molecular weight excluding hydrogens is 436 g/mol. The van der Waals surface area contributed by atoms with Crippen molar-refractivity contribution in [1.29, 1.82) is 0 Å². The van der Waals surface area contributed by atoms with Gasteiger partial charge in [-0.05, 0) is 56.7 Å². The SMILES string of the molecule is COc1ccc(-c2nc(C(=O)N3CCN(C(=O)C4CC4)CC3)c([C@H](C)N)o2)cc1OCC1CC1. The molecule has 0 bridgehead atoms. The lowest BCUT2D eigenvalue weighted by molar-refractivity contribution is -0.134. The fourth-order valence-corrected chi connectivity index (χ4v) is 4.20. The molecule has 0 radical (unpaired) electrons. The number of nitrogens with two attached hydrogens (primary N) is 1. The topological polar surface area (TPSA) is 111 Å². The Morgan fingerprint density at radius 3 is 2.44 bits per heavy atom. The summed E-state index contributed by atoms with van der Waals surface area (Å²) < 4.78 is 17.4. The van der Waals surface area contributed by atoms with Crippen LogP contribution in [0.5, 0.6) is 11.5 Å². The van der Waals surface area contributed by atoms with Crippen LogP contribution in [0.25, 0.3) is 11.5 Å². The molecule has 34 heavy (non-hydrogen) atoms. The summed E-state index contributed by atoms with van der Waals surface area (Å²) in [7, 11) is 1.60. The molecule has 9 nitrogen and oxygen atoms in total. The Labute approximate surface area is 199 Å². The van der Waals surface area contributed by atoms with Crippen molar-refractivity contribution >= 4 is 11.8 Å². The maximum atomic E-state index is 13.3. The van der Waals surface area contributed by atoms with Crippen LogP contribution in [0.1, 0.15) is 54.9 Å². The van der Waals surface area contributed by atoms with Crippen LogP contribution in [0, 0.1) is 11.8 Å². The monoisotopic (exact) mass is 468 g/mol. The maximum Gasteiger partial charge on any atom is 0.276 e. The summed E-state index contributed by atoms with van der Waals surface area (Å²) in [4.78, 5) is 33.8. The Morgan fingerprint density at radius 1 is 1.12 bits per heavy atom. The van der Waals surface area contributed by atoms with Crippen molar-refractivity contribution in [2.75, 3.05) is 39.9 Å². The van der Waals surface area contributed by atoms with Crippen molar-refractivity contribution in [3.8, 4) is 23.0 Å². The number of hydrogen-bond acceptors (Lipinski definition) is 7. The largest absolute Gasteiger partial charge is 0.493 e. The zero-order valence-electron chi connectivity index (χ0n) is 19.8. The van der Waals surface area contributed by atoms with Gasteiger partial charge in [0.15, 0.2) is 23.0 Å². The Balaban J connectivity index is 1.34. The molecule has 5 rings (SSSR count). The number of carbonyl (C=O) groups excluding carboxylic acids is 2. The second-order valence-corrected chi connectivity index (χ2v) is 9.53. The lowest BCUT2D eigenvalue weighted by Crippen LogP contribution is -2.51. The maximum absolute atomic E-state index is 13.3. The molecule has 1 atom stereocenters.